The number of benzene rings is 2. The monoisotopic (exact) mass is 438 g/mol. The summed E-state index contributed by atoms with van der Waals surface area (Å²) >= 11 is 0. The largest absolute Gasteiger partial charge is 0.507 e. The van der Waals surface area contributed by atoms with E-state index < -0.39 is 45.1 Å². The molecule has 7 nitrogen and oxygen atoms in total. The number of alkyl halides is 3. The SMILES string of the molecule is CC(=O)c1cc(C(C)(C)C)c(O)c(C(=O)Nc2ccc([N+](=O)[O-])cc2C(F)(F)F)c1C. The maximum Gasteiger partial charge on any atom is 0.418 e. The standard InChI is InChI=1S/C21H21F3N2O5/c1-10-13(11(2)27)9-15(20(3,4)5)18(28)17(10)19(29)25-16-7-6-12(26(30)31)8-14(16)21(22,23)24/h6-9,28H,1-5H3,(H,25,29). The first-order chi connectivity index (χ1) is 14.1. The molecule has 0 radical (unpaired) electrons. The number of nitro benzene ring substituents is 1. The Balaban J connectivity index is 2.68. The number of phenolic OH excluding ortho intramolecular Hbond substituents is 1. The van der Waals surface area contributed by atoms with Gasteiger partial charge in [-0.3, -0.25) is 19.7 Å². The Morgan fingerprint density at radius 3 is 2.13 bits per heavy atom. The molecule has 0 aliphatic rings. The van der Waals surface area contributed by atoms with E-state index in [-0.39, 0.29) is 28.0 Å². The zero-order valence-corrected chi connectivity index (χ0v) is 17.5. The number of aromatic hydroxyl groups is 1. The fourth-order valence-electron chi connectivity index (χ4n) is 3.16. The number of nitrogens with one attached hydrogen (secondary N) is 1. The van der Waals surface area contributed by atoms with Gasteiger partial charge in [-0.15, -0.1) is 0 Å². The van der Waals surface area contributed by atoms with Crippen LogP contribution in [0.4, 0.5) is 24.5 Å². The van der Waals surface area contributed by atoms with Crippen molar-refractivity contribution >= 4 is 23.1 Å². The molecule has 0 unspecified atom stereocenters. The molecule has 166 valence electrons. The highest BCUT2D eigenvalue weighted by atomic mass is 19.4. The van der Waals surface area contributed by atoms with E-state index in [1.165, 1.54) is 19.9 Å². The van der Waals surface area contributed by atoms with Gasteiger partial charge in [0, 0.05) is 23.3 Å². The molecule has 0 heterocycles. The third kappa shape index (κ3) is 4.84. The van der Waals surface area contributed by atoms with E-state index >= 15 is 0 Å². The molecule has 0 aliphatic heterocycles. The minimum atomic E-state index is -4.98. The van der Waals surface area contributed by atoms with E-state index in [1.807, 2.05) is 0 Å². The van der Waals surface area contributed by atoms with E-state index in [9.17, 15) is 38.0 Å². The lowest BCUT2D eigenvalue weighted by atomic mass is 9.81. The number of ketones is 1. The van der Waals surface area contributed by atoms with Gasteiger partial charge in [0.25, 0.3) is 11.6 Å². The Kier molecular flexibility index (Phi) is 6.16. The van der Waals surface area contributed by atoms with Crippen molar-refractivity contribution < 1.29 is 32.8 Å². The molecule has 0 atom stereocenters. The molecule has 1 amide bonds. The number of nitro groups is 1. The normalized spacial score (nSPS) is 11.9. The van der Waals surface area contributed by atoms with Crippen LogP contribution in [-0.4, -0.2) is 21.7 Å². The average Bonchev–Trinajstić information content (AvgIpc) is 2.59. The molecule has 0 bridgehead atoms. The number of phenols is 1. The molecule has 0 aromatic heterocycles. The second-order valence-electron chi connectivity index (χ2n) is 8.07. The molecule has 0 fully saturated rings. The molecule has 0 saturated carbocycles. The first-order valence-corrected chi connectivity index (χ1v) is 9.10. The first kappa shape index (κ1) is 23.8. The van der Waals surface area contributed by atoms with Gasteiger partial charge in [-0.05, 0) is 37.0 Å². The van der Waals surface area contributed by atoms with Crippen LogP contribution >= 0.6 is 0 Å². The number of non-ortho nitro benzene ring substituents is 1. The zero-order valence-electron chi connectivity index (χ0n) is 17.5. The molecular formula is C21H21F3N2O5. The van der Waals surface area contributed by atoms with E-state index in [1.54, 1.807) is 20.8 Å². The predicted molar refractivity (Wildman–Crippen MR) is 108 cm³/mol. The van der Waals surface area contributed by atoms with Crippen molar-refractivity contribution in [3.63, 3.8) is 0 Å². The summed E-state index contributed by atoms with van der Waals surface area (Å²) in [5.41, 5.74) is -3.42. The summed E-state index contributed by atoms with van der Waals surface area (Å²) in [7, 11) is 0. The van der Waals surface area contributed by atoms with Crippen molar-refractivity contribution in [2.75, 3.05) is 5.32 Å². The van der Waals surface area contributed by atoms with Gasteiger partial charge >= 0.3 is 6.18 Å². The molecule has 0 aliphatic carbocycles. The van der Waals surface area contributed by atoms with Crippen LogP contribution in [0.1, 0.15) is 65.1 Å². The number of amides is 1. The van der Waals surface area contributed by atoms with Crippen molar-refractivity contribution in [2.24, 2.45) is 0 Å². The second-order valence-corrected chi connectivity index (χ2v) is 8.07. The van der Waals surface area contributed by atoms with Crippen molar-refractivity contribution in [1.82, 2.24) is 0 Å². The topological polar surface area (TPSA) is 110 Å². The fourth-order valence-corrected chi connectivity index (χ4v) is 3.16. The van der Waals surface area contributed by atoms with Gasteiger partial charge < -0.3 is 10.4 Å². The van der Waals surface area contributed by atoms with Crippen molar-refractivity contribution in [2.45, 2.75) is 46.2 Å². The molecular weight excluding hydrogens is 417 g/mol. The summed E-state index contributed by atoms with van der Waals surface area (Å²) in [5.74, 6) is -1.92. The highest BCUT2D eigenvalue weighted by Gasteiger charge is 2.36. The number of anilines is 1. The summed E-state index contributed by atoms with van der Waals surface area (Å²) in [5, 5.41) is 23.6. The van der Waals surface area contributed by atoms with Crippen molar-refractivity contribution in [1.29, 1.82) is 0 Å². The van der Waals surface area contributed by atoms with Gasteiger partial charge in [-0.25, -0.2) is 0 Å². The maximum absolute atomic E-state index is 13.4. The Morgan fingerprint density at radius 2 is 1.68 bits per heavy atom. The summed E-state index contributed by atoms with van der Waals surface area (Å²) in [4.78, 5) is 34.8. The van der Waals surface area contributed by atoms with Crippen molar-refractivity contribution in [3.05, 3.63) is 62.2 Å². The van der Waals surface area contributed by atoms with Gasteiger partial charge in [0.15, 0.2) is 5.78 Å². The van der Waals surface area contributed by atoms with E-state index in [0.29, 0.717) is 6.07 Å². The van der Waals surface area contributed by atoms with Crippen LogP contribution in [0, 0.1) is 17.0 Å². The van der Waals surface area contributed by atoms with E-state index in [2.05, 4.69) is 5.32 Å². The third-order valence-corrected chi connectivity index (χ3v) is 4.74. The van der Waals surface area contributed by atoms with Crippen LogP contribution in [0.5, 0.6) is 5.75 Å². The number of carbonyl (C=O) groups is 2. The summed E-state index contributed by atoms with van der Waals surface area (Å²) in [6.45, 7) is 7.88. The number of halogens is 3. The van der Waals surface area contributed by atoms with Crippen LogP contribution < -0.4 is 5.32 Å². The second kappa shape index (κ2) is 8.01. The number of nitrogens with zero attached hydrogens (tertiary/aromatic N) is 1. The van der Waals surface area contributed by atoms with Gasteiger partial charge in [0.2, 0.25) is 0 Å². The predicted octanol–water partition coefficient (Wildman–Crippen LogP) is 5.38. The summed E-state index contributed by atoms with van der Waals surface area (Å²) < 4.78 is 40.3. The van der Waals surface area contributed by atoms with E-state index in [4.69, 9.17) is 0 Å². The van der Waals surface area contributed by atoms with Gasteiger partial charge in [0.05, 0.1) is 21.7 Å². The summed E-state index contributed by atoms with van der Waals surface area (Å²) in [6, 6.07) is 3.36. The van der Waals surface area contributed by atoms with Gasteiger partial charge in [-0.2, -0.15) is 13.2 Å². The quantitative estimate of drug-likeness (QED) is 0.378. The number of Topliss-reactive ketones (excluding diaryl/α,β-unsaturated/α-hetero) is 1. The zero-order chi connectivity index (χ0) is 23.9. The summed E-state index contributed by atoms with van der Waals surface area (Å²) in [6.07, 6.45) is -4.98. The minimum absolute atomic E-state index is 0.103. The molecule has 2 N–H and O–H groups in total. The Morgan fingerprint density at radius 1 is 1.10 bits per heavy atom. The maximum atomic E-state index is 13.4. The first-order valence-electron chi connectivity index (χ1n) is 9.10. The lowest BCUT2D eigenvalue weighted by molar-refractivity contribution is -0.385. The molecule has 0 spiro atoms. The molecule has 31 heavy (non-hydrogen) atoms. The Labute approximate surface area is 176 Å². The molecule has 2 aromatic rings. The number of rotatable bonds is 4. The molecule has 2 aromatic carbocycles. The number of hydrogen-bond donors (Lipinski definition) is 2. The van der Waals surface area contributed by atoms with Gasteiger partial charge in [0.1, 0.15) is 5.75 Å². The lowest BCUT2D eigenvalue weighted by Crippen LogP contribution is -2.21. The Bertz CT molecular complexity index is 1090. The number of hydrogen-bond acceptors (Lipinski definition) is 5. The van der Waals surface area contributed by atoms with Crippen LogP contribution in [-0.2, 0) is 11.6 Å². The van der Waals surface area contributed by atoms with Crippen LogP contribution in [0.25, 0.3) is 0 Å². The molecule has 0 saturated heterocycles. The number of carbonyl (C=O) groups excluding carboxylic acids is 2. The van der Waals surface area contributed by atoms with Crippen molar-refractivity contribution in [3.8, 4) is 5.75 Å². The average molecular weight is 438 g/mol. The highest BCUT2D eigenvalue weighted by molar-refractivity contribution is 6.10. The van der Waals surface area contributed by atoms with E-state index in [0.717, 1.165) is 12.1 Å². The fraction of sp³-hybridized carbons (Fsp3) is 0.333. The molecule has 10 heteroatoms. The van der Waals surface area contributed by atoms with Crippen LogP contribution in [0.15, 0.2) is 24.3 Å². The van der Waals surface area contributed by atoms with Crippen LogP contribution in [0.2, 0.25) is 0 Å². The molecule has 2 rings (SSSR count). The van der Waals surface area contributed by atoms with Gasteiger partial charge in [-0.1, -0.05) is 20.8 Å². The third-order valence-electron chi connectivity index (χ3n) is 4.74. The Hall–Kier alpha value is -3.43. The minimum Gasteiger partial charge on any atom is -0.507 e. The lowest BCUT2D eigenvalue weighted by Gasteiger charge is -2.24. The highest BCUT2D eigenvalue weighted by Crippen LogP contribution is 2.40. The van der Waals surface area contributed by atoms with Crippen LogP contribution in [0.3, 0.4) is 0 Å². The smallest absolute Gasteiger partial charge is 0.418 e.